The number of methoxy groups -OCH3 is 2. The summed E-state index contributed by atoms with van der Waals surface area (Å²) in [7, 11) is 2.72. The first-order valence-corrected chi connectivity index (χ1v) is 18.4. The first kappa shape index (κ1) is 45.2. The van der Waals surface area contributed by atoms with Crippen molar-refractivity contribution in [3.05, 3.63) is 71.3 Å². The number of hydrogen-bond acceptors (Lipinski definition) is 12. The average Bonchev–Trinajstić information content (AvgIpc) is 3.20. The van der Waals surface area contributed by atoms with E-state index >= 15 is 0 Å². The SMILES string of the molecule is COc1ccc(NC(=O)[C@@H](CCCN)NC(=O)c2cc(NC(=O)[C@@H](CCCN)NC(=O)c3cc(NC(=O)[C@H](C)CCCN)ccc3O)ccc2OC)cc1C(N)=O. The van der Waals surface area contributed by atoms with Crippen LogP contribution in [0.25, 0.3) is 0 Å². The van der Waals surface area contributed by atoms with Crippen LogP contribution < -0.4 is 59.0 Å². The first-order chi connectivity index (χ1) is 27.3. The highest BCUT2D eigenvalue weighted by molar-refractivity contribution is 6.06. The maximum Gasteiger partial charge on any atom is 0.255 e. The molecule has 0 aliphatic rings. The number of phenolic OH excluding ortho intramolecular Hbond substituents is 1. The number of carbonyl (C=O) groups is 6. The molecule has 0 heterocycles. The van der Waals surface area contributed by atoms with Gasteiger partial charge in [0, 0.05) is 23.0 Å². The number of primary amides is 1. The lowest BCUT2D eigenvalue weighted by molar-refractivity contribution is -0.120. The number of nitrogens with two attached hydrogens (primary N) is 4. The largest absolute Gasteiger partial charge is 0.507 e. The second kappa shape index (κ2) is 22.3. The topological polar surface area (TPSA) is 305 Å². The van der Waals surface area contributed by atoms with Gasteiger partial charge < -0.3 is 64.1 Å². The van der Waals surface area contributed by atoms with E-state index < -0.39 is 41.6 Å². The van der Waals surface area contributed by atoms with Crippen molar-refractivity contribution >= 4 is 52.5 Å². The summed E-state index contributed by atoms with van der Waals surface area (Å²) in [5, 5.41) is 23.9. The molecule has 3 aromatic carbocycles. The van der Waals surface area contributed by atoms with Crippen molar-refractivity contribution < 1.29 is 43.3 Å². The molecule has 14 N–H and O–H groups in total. The fraction of sp³-hybridized carbons (Fsp3) is 0.385. The fourth-order valence-corrected chi connectivity index (χ4v) is 5.67. The second-order valence-corrected chi connectivity index (χ2v) is 13.1. The van der Waals surface area contributed by atoms with Gasteiger partial charge in [-0.05, 0) is 113 Å². The summed E-state index contributed by atoms with van der Waals surface area (Å²) >= 11 is 0. The molecular weight excluding hydrogens is 738 g/mol. The Morgan fingerprint density at radius 1 is 0.596 bits per heavy atom. The molecule has 0 bridgehead atoms. The smallest absolute Gasteiger partial charge is 0.255 e. The average molecular weight is 792 g/mol. The molecule has 0 saturated carbocycles. The molecule has 0 fully saturated rings. The number of anilines is 3. The monoisotopic (exact) mass is 791 g/mol. The van der Waals surface area contributed by atoms with Gasteiger partial charge in [-0.25, -0.2) is 0 Å². The zero-order chi connectivity index (χ0) is 42.1. The van der Waals surface area contributed by atoms with Gasteiger partial charge in [0.1, 0.15) is 29.3 Å². The first-order valence-electron chi connectivity index (χ1n) is 18.4. The van der Waals surface area contributed by atoms with Crippen LogP contribution in [0, 0.1) is 5.92 Å². The number of aromatic hydroxyl groups is 1. The molecule has 308 valence electrons. The maximum atomic E-state index is 13.7. The molecule has 0 aliphatic heterocycles. The molecule has 18 nitrogen and oxygen atoms in total. The number of phenols is 1. The molecule has 0 aromatic heterocycles. The third-order valence-corrected chi connectivity index (χ3v) is 8.88. The highest BCUT2D eigenvalue weighted by Gasteiger charge is 2.26. The predicted molar refractivity (Wildman–Crippen MR) is 215 cm³/mol. The van der Waals surface area contributed by atoms with E-state index in [0.29, 0.717) is 32.2 Å². The van der Waals surface area contributed by atoms with Gasteiger partial charge in [-0.2, -0.15) is 0 Å². The van der Waals surface area contributed by atoms with Gasteiger partial charge >= 0.3 is 0 Å². The minimum Gasteiger partial charge on any atom is -0.507 e. The van der Waals surface area contributed by atoms with Crippen molar-refractivity contribution in [1.29, 1.82) is 0 Å². The summed E-state index contributed by atoms with van der Waals surface area (Å²) in [6, 6.07) is 10.4. The predicted octanol–water partition coefficient (Wildman–Crippen LogP) is 1.77. The number of ether oxygens (including phenoxy) is 2. The van der Waals surface area contributed by atoms with Crippen molar-refractivity contribution in [3.8, 4) is 17.2 Å². The Balaban J connectivity index is 1.80. The highest BCUT2D eigenvalue weighted by atomic mass is 16.5. The van der Waals surface area contributed by atoms with Gasteiger partial charge in [0.05, 0.1) is 30.9 Å². The van der Waals surface area contributed by atoms with E-state index in [9.17, 15) is 33.9 Å². The zero-order valence-electron chi connectivity index (χ0n) is 32.3. The Morgan fingerprint density at radius 2 is 1.00 bits per heavy atom. The quantitative estimate of drug-likeness (QED) is 0.0652. The third kappa shape index (κ3) is 13.2. The molecule has 0 aliphatic carbocycles. The normalized spacial score (nSPS) is 12.3. The second-order valence-electron chi connectivity index (χ2n) is 13.1. The van der Waals surface area contributed by atoms with Crippen LogP contribution in [0.15, 0.2) is 54.6 Å². The summed E-state index contributed by atoms with van der Waals surface area (Å²) in [6.45, 7) is 2.65. The van der Waals surface area contributed by atoms with Gasteiger partial charge in [0.2, 0.25) is 17.7 Å². The van der Waals surface area contributed by atoms with E-state index in [1.54, 1.807) is 6.92 Å². The highest BCUT2D eigenvalue weighted by Crippen LogP contribution is 2.26. The molecule has 6 amide bonds. The minimum atomic E-state index is -1.13. The lowest BCUT2D eigenvalue weighted by Crippen LogP contribution is -2.44. The van der Waals surface area contributed by atoms with Crippen LogP contribution in [-0.2, 0) is 14.4 Å². The van der Waals surface area contributed by atoms with Gasteiger partial charge in [0.15, 0.2) is 0 Å². The van der Waals surface area contributed by atoms with Gasteiger partial charge in [-0.3, -0.25) is 28.8 Å². The van der Waals surface area contributed by atoms with E-state index in [2.05, 4.69) is 26.6 Å². The van der Waals surface area contributed by atoms with Crippen molar-refractivity contribution in [2.75, 3.05) is 49.8 Å². The van der Waals surface area contributed by atoms with Crippen LogP contribution in [0.1, 0.15) is 76.5 Å². The van der Waals surface area contributed by atoms with Gasteiger partial charge in [-0.1, -0.05) is 6.92 Å². The van der Waals surface area contributed by atoms with E-state index in [1.165, 1.54) is 68.8 Å². The summed E-state index contributed by atoms with van der Waals surface area (Å²) in [5.41, 5.74) is 22.9. The number of nitrogens with one attached hydrogen (secondary N) is 5. The molecular formula is C39H53N9O9. The number of amides is 6. The van der Waals surface area contributed by atoms with E-state index in [1.807, 2.05) is 0 Å². The lowest BCUT2D eigenvalue weighted by Gasteiger charge is -2.21. The number of carbonyl (C=O) groups excluding carboxylic acids is 6. The molecule has 3 rings (SSSR count). The third-order valence-electron chi connectivity index (χ3n) is 8.88. The van der Waals surface area contributed by atoms with Crippen molar-refractivity contribution in [2.24, 2.45) is 28.9 Å². The molecule has 3 aromatic rings. The lowest BCUT2D eigenvalue weighted by atomic mass is 10.0. The Morgan fingerprint density at radius 3 is 1.47 bits per heavy atom. The van der Waals surface area contributed by atoms with Crippen LogP contribution in [0.2, 0.25) is 0 Å². The Labute approximate surface area is 330 Å². The van der Waals surface area contributed by atoms with Crippen LogP contribution in [0.5, 0.6) is 17.2 Å². The standard InChI is InChI=1S/C39H53N9O9/c1-22(7-4-16-40)35(51)44-23-10-13-31(49)26(19-23)36(52)47-29(8-5-17-41)38(54)46-25-12-15-33(57-3)28(21-25)37(53)48-30(9-6-18-42)39(55)45-24-11-14-32(56-2)27(20-24)34(43)50/h10-15,19-22,29-30,49H,4-9,16-18,40-42H2,1-3H3,(H2,43,50)(H,44,51)(H,45,55)(H,46,54)(H,47,52)(H,48,53)/t22-,29-,30-/m1/s1. The summed E-state index contributed by atoms with van der Waals surface area (Å²) in [4.78, 5) is 78.7. The summed E-state index contributed by atoms with van der Waals surface area (Å²) in [6.07, 6.45) is 2.25. The number of benzene rings is 3. The van der Waals surface area contributed by atoms with Crippen molar-refractivity contribution in [1.82, 2.24) is 10.6 Å². The molecule has 0 saturated heterocycles. The summed E-state index contributed by atoms with van der Waals surface area (Å²) in [5.74, 6) is -4.15. The Bertz CT molecular complexity index is 1910. The fourth-order valence-electron chi connectivity index (χ4n) is 5.67. The number of rotatable bonds is 22. The minimum absolute atomic E-state index is 0.0232. The molecule has 3 atom stereocenters. The van der Waals surface area contributed by atoms with E-state index in [-0.39, 0.29) is 88.8 Å². The van der Waals surface area contributed by atoms with Gasteiger partial charge in [-0.15, -0.1) is 0 Å². The van der Waals surface area contributed by atoms with E-state index in [0.717, 1.165) is 0 Å². The van der Waals surface area contributed by atoms with Crippen LogP contribution in [0.3, 0.4) is 0 Å². The molecule has 0 radical (unpaired) electrons. The van der Waals surface area contributed by atoms with Crippen LogP contribution in [-0.4, -0.2) is 86.5 Å². The molecule has 57 heavy (non-hydrogen) atoms. The van der Waals surface area contributed by atoms with E-state index in [4.69, 9.17) is 32.4 Å². The Kier molecular flexibility index (Phi) is 17.7. The molecule has 0 unspecified atom stereocenters. The summed E-state index contributed by atoms with van der Waals surface area (Å²) < 4.78 is 10.6. The van der Waals surface area contributed by atoms with Crippen molar-refractivity contribution in [3.63, 3.8) is 0 Å². The Hall–Kier alpha value is -6.24. The maximum absolute atomic E-state index is 13.7. The zero-order valence-corrected chi connectivity index (χ0v) is 32.3. The molecule has 18 heteroatoms. The van der Waals surface area contributed by atoms with Crippen LogP contribution >= 0.6 is 0 Å². The van der Waals surface area contributed by atoms with Gasteiger partial charge in [0.25, 0.3) is 17.7 Å². The molecule has 0 spiro atoms. The van der Waals surface area contributed by atoms with Crippen LogP contribution in [0.4, 0.5) is 17.1 Å². The number of hydrogen-bond donors (Lipinski definition) is 10. The van der Waals surface area contributed by atoms with Crippen molar-refractivity contribution in [2.45, 2.75) is 57.5 Å².